The normalized spacial score (nSPS) is 12.3. The summed E-state index contributed by atoms with van der Waals surface area (Å²) < 4.78 is 2.04. The summed E-state index contributed by atoms with van der Waals surface area (Å²) in [7, 11) is 0. The molecule has 4 heteroatoms. The molecule has 0 aliphatic rings. The second kappa shape index (κ2) is 4.18. The molecule has 0 spiro atoms. The second-order valence-corrected chi connectivity index (χ2v) is 3.63. The van der Waals surface area contributed by atoms with Gasteiger partial charge in [-0.3, -0.25) is 0 Å². The molecule has 2 N–H and O–H groups in total. The van der Waals surface area contributed by atoms with Gasteiger partial charge in [0.05, 0.1) is 24.3 Å². The molecule has 4 nitrogen and oxygen atoms in total. The lowest BCUT2D eigenvalue weighted by molar-refractivity contribution is 0.667. The topological polar surface area (TPSA) is 56.7 Å². The van der Waals surface area contributed by atoms with Crippen molar-refractivity contribution in [1.82, 2.24) is 14.5 Å². The Kier molecular flexibility index (Phi) is 2.72. The molecule has 16 heavy (non-hydrogen) atoms. The number of pyridine rings is 1. The maximum atomic E-state index is 5.55. The molecule has 0 fully saturated rings. The number of hydrogen-bond donors (Lipinski definition) is 1. The van der Waals surface area contributed by atoms with Crippen molar-refractivity contribution < 1.29 is 0 Å². The third-order valence-corrected chi connectivity index (χ3v) is 2.53. The zero-order chi connectivity index (χ0) is 11.5. The summed E-state index contributed by atoms with van der Waals surface area (Å²) in [6, 6.07) is 3.92. The zero-order valence-corrected chi connectivity index (χ0v) is 9.17. The molecule has 2 aromatic rings. The highest BCUT2D eigenvalue weighted by atomic mass is 15.1. The van der Waals surface area contributed by atoms with E-state index in [1.54, 1.807) is 18.6 Å². The van der Waals surface area contributed by atoms with Crippen molar-refractivity contribution >= 4 is 5.82 Å². The van der Waals surface area contributed by atoms with Gasteiger partial charge in [-0.25, -0.2) is 9.97 Å². The van der Waals surface area contributed by atoms with E-state index >= 15 is 0 Å². The van der Waals surface area contributed by atoms with Crippen molar-refractivity contribution in [3.8, 4) is 11.3 Å². The van der Waals surface area contributed by atoms with Crippen LogP contribution in [-0.2, 0) is 0 Å². The molecule has 0 aliphatic carbocycles. The molecule has 0 aromatic carbocycles. The lowest BCUT2D eigenvalue weighted by atomic mass is 10.2. The van der Waals surface area contributed by atoms with E-state index in [2.05, 4.69) is 23.5 Å². The van der Waals surface area contributed by atoms with Gasteiger partial charge in [-0.05, 0) is 19.1 Å². The van der Waals surface area contributed by atoms with E-state index in [-0.39, 0.29) is 6.04 Å². The Balaban J connectivity index is 2.44. The van der Waals surface area contributed by atoms with E-state index < -0.39 is 0 Å². The molecule has 2 heterocycles. The second-order valence-electron chi connectivity index (χ2n) is 3.63. The van der Waals surface area contributed by atoms with Crippen LogP contribution in [0, 0.1) is 0 Å². The van der Waals surface area contributed by atoms with Crippen LogP contribution >= 0.6 is 0 Å². The molecule has 2 rings (SSSR count). The van der Waals surface area contributed by atoms with Crippen molar-refractivity contribution in [2.75, 3.05) is 5.73 Å². The molecule has 1 atom stereocenters. The van der Waals surface area contributed by atoms with E-state index in [1.807, 2.05) is 22.9 Å². The van der Waals surface area contributed by atoms with Gasteiger partial charge in [0.2, 0.25) is 0 Å². The summed E-state index contributed by atoms with van der Waals surface area (Å²) in [6.07, 6.45) is 7.22. The third-order valence-electron chi connectivity index (χ3n) is 2.53. The molecule has 0 bridgehead atoms. The minimum atomic E-state index is 0.204. The van der Waals surface area contributed by atoms with E-state index in [9.17, 15) is 0 Å². The van der Waals surface area contributed by atoms with Gasteiger partial charge in [0.15, 0.2) is 0 Å². The highest BCUT2D eigenvalue weighted by molar-refractivity contribution is 5.59. The predicted octanol–water partition coefficient (Wildman–Crippen LogP) is 2.27. The number of aromatic nitrogens is 3. The minimum Gasteiger partial charge on any atom is -0.384 e. The maximum Gasteiger partial charge on any atom is 0.123 e. The van der Waals surface area contributed by atoms with E-state index in [0.717, 1.165) is 11.3 Å². The number of rotatable bonds is 3. The van der Waals surface area contributed by atoms with Crippen LogP contribution in [0.4, 0.5) is 5.82 Å². The summed E-state index contributed by atoms with van der Waals surface area (Å²) >= 11 is 0. The number of hydrogen-bond acceptors (Lipinski definition) is 3. The lowest BCUT2D eigenvalue weighted by Crippen LogP contribution is -2.02. The van der Waals surface area contributed by atoms with Crippen LogP contribution in [0.5, 0.6) is 0 Å². The standard InChI is InChI=1S/C12H14N4/c1-3-9(2)16-8-14-7-11(16)10-4-5-12(13)15-6-10/h3-9H,1H2,2H3,(H2,13,15). The SMILES string of the molecule is C=CC(C)n1cncc1-c1ccc(N)nc1. The van der Waals surface area contributed by atoms with Gasteiger partial charge in [-0.2, -0.15) is 0 Å². The Bertz CT molecular complexity index is 484. The summed E-state index contributed by atoms with van der Waals surface area (Å²) in [5.41, 5.74) is 7.57. The molecule has 0 amide bonds. The first-order valence-corrected chi connectivity index (χ1v) is 5.08. The lowest BCUT2D eigenvalue weighted by Gasteiger charge is -2.12. The Morgan fingerprint density at radius 2 is 2.25 bits per heavy atom. The number of nitrogens with two attached hydrogens (primary N) is 1. The zero-order valence-electron chi connectivity index (χ0n) is 9.17. The fourth-order valence-corrected chi connectivity index (χ4v) is 1.52. The van der Waals surface area contributed by atoms with Crippen LogP contribution in [0.25, 0.3) is 11.3 Å². The minimum absolute atomic E-state index is 0.204. The van der Waals surface area contributed by atoms with Gasteiger partial charge in [-0.1, -0.05) is 6.08 Å². The number of allylic oxidation sites excluding steroid dienone is 1. The fourth-order valence-electron chi connectivity index (χ4n) is 1.52. The highest BCUT2D eigenvalue weighted by Gasteiger charge is 2.08. The fraction of sp³-hybridized carbons (Fsp3) is 0.167. The van der Waals surface area contributed by atoms with E-state index in [4.69, 9.17) is 5.73 Å². The van der Waals surface area contributed by atoms with Crippen molar-refractivity contribution in [1.29, 1.82) is 0 Å². The maximum absolute atomic E-state index is 5.55. The Labute approximate surface area is 94.5 Å². The van der Waals surface area contributed by atoms with Gasteiger partial charge in [-0.15, -0.1) is 6.58 Å². The molecule has 0 saturated carbocycles. The van der Waals surface area contributed by atoms with Crippen molar-refractivity contribution in [2.24, 2.45) is 0 Å². The van der Waals surface area contributed by atoms with Crippen LogP contribution < -0.4 is 5.73 Å². The molecular weight excluding hydrogens is 200 g/mol. The monoisotopic (exact) mass is 214 g/mol. The van der Waals surface area contributed by atoms with Gasteiger partial charge in [0, 0.05) is 11.8 Å². The number of nitrogens with zero attached hydrogens (tertiary/aromatic N) is 3. The Morgan fingerprint density at radius 1 is 1.44 bits per heavy atom. The van der Waals surface area contributed by atoms with Crippen LogP contribution in [0.2, 0.25) is 0 Å². The van der Waals surface area contributed by atoms with Gasteiger partial charge >= 0.3 is 0 Å². The quantitative estimate of drug-likeness (QED) is 0.797. The molecule has 0 radical (unpaired) electrons. The first kappa shape index (κ1) is 10.4. The van der Waals surface area contributed by atoms with Crippen LogP contribution in [-0.4, -0.2) is 14.5 Å². The number of anilines is 1. The largest absolute Gasteiger partial charge is 0.384 e. The van der Waals surface area contributed by atoms with E-state index in [1.165, 1.54) is 0 Å². The number of imidazole rings is 1. The Morgan fingerprint density at radius 3 is 2.88 bits per heavy atom. The Hall–Kier alpha value is -2.10. The van der Waals surface area contributed by atoms with Gasteiger partial charge in [0.25, 0.3) is 0 Å². The van der Waals surface area contributed by atoms with Crippen LogP contribution in [0.15, 0.2) is 43.5 Å². The summed E-state index contributed by atoms with van der Waals surface area (Å²) in [5, 5.41) is 0. The van der Waals surface area contributed by atoms with Crippen molar-refractivity contribution in [2.45, 2.75) is 13.0 Å². The van der Waals surface area contributed by atoms with Crippen LogP contribution in [0.3, 0.4) is 0 Å². The molecule has 1 unspecified atom stereocenters. The van der Waals surface area contributed by atoms with Gasteiger partial charge < -0.3 is 10.3 Å². The average Bonchev–Trinajstić information content (AvgIpc) is 2.78. The molecule has 2 aromatic heterocycles. The molecular formula is C12H14N4. The average molecular weight is 214 g/mol. The predicted molar refractivity (Wildman–Crippen MR) is 64.8 cm³/mol. The highest BCUT2D eigenvalue weighted by Crippen LogP contribution is 2.22. The summed E-state index contributed by atoms with van der Waals surface area (Å²) in [5.74, 6) is 0.520. The van der Waals surface area contributed by atoms with Crippen molar-refractivity contribution in [3.63, 3.8) is 0 Å². The van der Waals surface area contributed by atoms with Crippen LogP contribution in [0.1, 0.15) is 13.0 Å². The first-order chi connectivity index (χ1) is 7.72. The first-order valence-electron chi connectivity index (χ1n) is 5.08. The molecule has 0 aliphatic heterocycles. The summed E-state index contributed by atoms with van der Waals surface area (Å²) in [4.78, 5) is 8.22. The molecule has 0 saturated heterocycles. The summed E-state index contributed by atoms with van der Waals surface area (Å²) in [6.45, 7) is 5.84. The number of nitrogen functional groups attached to an aromatic ring is 1. The van der Waals surface area contributed by atoms with Crippen molar-refractivity contribution in [3.05, 3.63) is 43.5 Å². The molecule has 82 valence electrons. The third kappa shape index (κ3) is 1.82. The van der Waals surface area contributed by atoms with E-state index in [0.29, 0.717) is 5.82 Å². The smallest absolute Gasteiger partial charge is 0.123 e. The van der Waals surface area contributed by atoms with Gasteiger partial charge in [0.1, 0.15) is 5.82 Å².